The van der Waals surface area contributed by atoms with Gasteiger partial charge in [-0.25, -0.2) is 22.0 Å². The monoisotopic (exact) mass is 417 g/mol. The van der Waals surface area contributed by atoms with E-state index in [4.69, 9.17) is 4.74 Å². The van der Waals surface area contributed by atoms with Gasteiger partial charge in [0, 0.05) is 12.5 Å². The predicted octanol–water partition coefficient (Wildman–Crippen LogP) is 3.90. The third-order valence-corrected chi connectivity index (χ3v) is 6.58. The highest BCUT2D eigenvalue weighted by molar-refractivity contribution is 5.79. The molecule has 0 aromatic heterocycles. The van der Waals surface area contributed by atoms with Gasteiger partial charge in [0.05, 0.1) is 11.0 Å². The molecule has 1 N–H and O–H groups in total. The summed E-state index contributed by atoms with van der Waals surface area (Å²) < 4.78 is 72.7. The van der Waals surface area contributed by atoms with Crippen LogP contribution >= 0.6 is 0 Å². The third-order valence-electron chi connectivity index (χ3n) is 6.58. The second-order valence-electron chi connectivity index (χ2n) is 8.83. The summed E-state index contributed by atoms with van der Waals surface area (Å²) in [6.45, 7) is 0.363. The highest BCUT2D eigenvalue weighted by Crippen LogP contribution is 2.62. The maximum Gasteiger partial charge on any atom is 0.312 e. The molecule has 4 saturated carbocycles. The first-order valence-corrected chi connectivity index (χ1v) is 9.52. The van der Waals surface area contributed by atoms with E-state index in [1.165, 1.54) is 6.92 Å². The van der Waals surface area contributed by atoms with Crippen molar-refractivity contribution in [1.29, 1.82) is 0 Å². The van der Waals surface area contributed by atoms with Crippen LogP contribution in [0.5, 0.6) is 0 Å². The lowest BCUT2D eigenvalue weighted by Crippen LogP contribution is -2.64. The third kappa shape index (κ3) is 3.18. The maximum atomic E-state index is 13.9. The number of nitrogens with one attached hydrogen (secondary N) is 1. The summed E-state index contributed by atoms with van der Waals surface area (Å²) in [7, 11) is 0. The normalized spacial score (nSPS) is 32.3. The van der Waals surface area contributed by atoms with Crippen molar-refractivity contribution in [2.45, 2.75) is 57.6 Å². The Hall–Kier alpha value is -2.19. The Morgan fingerprint density at radius 1 is 0.931 bits per heavy atom. The van der Waals surface area contributed by atoms with Crippen molar-refractivity contribution in [3.63, 3.8) is 0 Å². The van der Waals surface area contributed by atoms with E-state index in [-0.39, 0.29) is 17.7 Å². The Morgan fingerprint density at radius 3 is 1.97 bits per heavy atom. The first-order valence-electron chi connectivity index (χ1n) is 9.52. The van der Waals surface area contributed by atoms with E-state index in [2.05, 4.69) is 5.32 Å². The molecule has 4 bridgehead atoms. The molecule has 0 spiro atoms. The van der Waals surface area contributed by atoms with Gasteiger partial charge in [-0.3, -0.25) is 9.59 Å². The average molecular weight is 417 g/mol. The highest BCUT2D eigenvalue weighted by atomic mass is 19.2. The number of esters is 1. The Balaban J connectivity index is 1.56. The summed E-state index contributed by atoms with van der Waals surface area (Å²) in [6.07, 6.45) is 3.86. The van der Waals surface area contributed by atoms with Crippen LogP contribution in [0.25, 0.3) is 0 Å². The van der Waals surface area contributed by atoms with Gasteiger partial charge >= 0.3 is 5.97 Å². The molecule has 4 fully saturated rings. The molecule has 0 heterocycles. The minimum Gasteiger partial charge on any atom is -0.460 e. The fourth-order valence-electron chi connectivity index (χ4n) is 6.09. The van der Waals surface area contributed by atoms with Gasteiger partial charge in [-0.05, 0) is 50.4 Å². The molecule has 0 aliphatic heterocycles. The molecular formula is C20H20F5NO3. The first kappa shape index (κ1) is 20.1. The molecule has 0 saturated heterocycles. The number of rotatable bonds is 4. The summed E-state index contributed by atoms with van der Waals surface area (Å²) in [6, 6.07) is 0. The van der Waals surface area contributed by atoms with E-state index in [1.54, 1.807) is 0 Å². The summed E-state index contributed by atoms with van der Waals surface area (Å²) in [5, 5.41) is 2.97. The average Bonchev–Trinajstić information content (AvgIpc) is 2.62. The molecule has 4 aliphatic carbocycles. The minimum absolute atomic E-state index is 0.197. The van der Waals surface area contributed by atoms with Crippen molar-refractivity contribution >= 4 is 11.9 Å². The zero-order chi connectivity index (χ0) is 21.1. The van der Waals surface area contributed by atoms with E-state index in [0.717, 1.165) is 19.3 Å². The standard InChI is InChI=1S/C20H20F5NO3/c1-9(27)26-20-5-10-2-11(6-20)4-19(3-10,8-20)18(28)29-7-12-13(21)15(23)17(25)16(24)14(12)22/h10-11H,2-8H2,1H3,(H,26,27)/t10-,11-,19?,20?/m0/s1. The van der Waals surface area contributed by atoms with Crippen LogP contribution < -0.4 is 5.32 Å². The molecule has 0 unspecified atom stereocenters. The largest absolute Gasteiger partial charge is 0.460 e. The fourth-order valence-corrected chi connectivity index (χ4v) is 6.09. The molecule has 1 amide bonds. The quantitative estimate of drug-likeness (QED) is 0.350. The maximum absolute atomic E-state index is 13.9. The minimum atomic E-state index is -2.26. The van der Waals surface area contributed by atoms with Crippen LogP contribution in [0.2, 0.25) is 0 Å². The summed E-state index contributed by atoms with van der Waals surface area (Å²) in [5.41, 5.74) is -2.60. The van der Waals surface area contributed by atoms with E-state index in [1.807, 2.05) is 0 Å². The van der Waals surface area contributed by atoms with Crippen LogP contribution in [0, 0.1) is 46.3 Å². The van der Waals surface area contributed by atoms with Crippen molar-refractivity contribution in [2.24, 2.45) is 17.3 Å². The molecule has 5 rings (SSSR count). The lowest BCUT2D eigenvalue weighted by atomic mass is 9.47. The Kier molecular flexibility index (Phi) is 4.62. The van der Waals surface area contributed by atoms with Crippen LogP contribution in [-0.2, 0) is 20.9 Å². The van der Waals surface area contributed by atoms with Crippen LogP contribution in [0.4, 0.5) is 22.0 Å². The number of benzene rings is 1. The van der Waals surface area contributed by atoms with Gasteiger partial charge in [0.25, 0.3) is 0 Å². The molecular weight excluding hydrogens is 397 g/mol. The number of amides is 1. The topological polar surface area (TPSA) is 55.4 Å². The van der Waals surface area contributed by atoms with E-state index in [0.29, 0.717) is 19.3 Å². The lowest BCUT2D eigenvalue weighted by Gasteiger charge is -2.60. The molecule has 2 atom stereocenters. The van der Waals surface area contributed by atoms with Crippen LogP contribution in [0.3, 0.4) is 0 Å². The molecule has 0 radical (unpaired) electrons. The first-order chi connectivity index (χ1) is 13.6. The Labute approximate surface area is 163 Å². The van der Waals surface area contributed by atoms with Gasteiger partial charge in [-0.1, -0.05) is 0 Å². The van der Waals surface area contributed by atoms with Crippen molar-refractivity contribution in [2.75, 3.05) is 0 Å². The molecule has 4 aliphatic rings. The summed E-state index contributed by atoms with van der Waals surface area (Å²) in [4.78, 5) is 24.6. The SMILES string of the molecule is CC(=O)NC12C[C@H]3C[C@H](C1)CC(C(=O)OCc1c(F)c(F)c(F)c(F)c1F)(C3)C2. The molecule has 29 heavy (non-hydrogen) atoms. The summed E-state index contributed by atoms with van der Waals surface area (Å²) >= 11 is 0. The van der Waals surface area contributed by atoms with Gasteiger partial charge in [0.1, 0.15) is 6.61 Å². The van der Waals surface area contributed by atoms with Crippen molar-refractivity contribution in [3.05, 3.63) is 34.6 Å². The molecule has 1 aromatic carbocycles. The molecule has 158 valence electrons. The zero-order valence-corrected chi connectivity index (χ0v) is 15.7. The van der Waals surface area contributed by atoms with Gasteiger partial charge in [-0.15, -0.1) is 0 Å². The lowest BCUT2D eigenvalue weighted by molar-refractivity contribution is -0.177. The second kappa shape index (κ2) is 6.67. The Bertz CT molecular complexity index is 860. The fraction of sp³-hybridized carbons (Fsp3) is 0.600. The van der Waals surface area contributed by atoms with Crippen molar-refractivity contribution < 1.29 is 36.3 Å². The van der Waals surface area contributed by atoms with Crippen molar-refractivity contribution in [1.82, 2.24) is 5.32 Å². The molecule has 4 nitrogen and oxygen atoms in total. The van der Waals surface area contributed by atoms with E-state index >= 15 is 0 Å². The number of carbonyl (C=O) groups excluding carboxylic acids is 2. The predicted molar refractivity (Wildman–Crippen MR) is 89.7 cm³/mol. The number of hydrogen-bond acceptors (Lipinski definition) is 3. The molecule has 1 aromatic rings. The van der Waals surface area contributed by atoms with Gasteiger partial charge in [0.15, 0.2) is 23.3 Å². The smallest absolute Gasteiger partial charge is 0.312 e. The highest BCUT2D eigenvalue weighted by Gasteiger charge is 2.61. The molecule has 9 heteroatoms. The number of halogens is 5. The number of ether oxygens (including phenoxy) is 1. The van der Waals surface area contributed by atoms with Crippen LogP contribution in [-0.4, -0.2) is 17.4 Å². The van der Waals surface area contributed by atoms with Gasteiger partial charge in [0.2, 0.25) is 11.7 Å². The zero-order valence-electron chi connectivity index (χ0n) is 15.7. The second-order valence-corrected chi connectivity index (χ2v) is 8.83. The Morgan fingerprint density at radius 2 is 1.45 bits per heavy atom. The number of carbonyl (C=O) groups is 2. The van der Waals surface area contributed by atoms with Gasteiger partial charge in [-0.2, -0.15) is 0 Å². The van der Waals surface area contributed by atoms with E-state index < -0.39 is 58.2 Å². The number of hydrogen-bond donors (Lipinski definition) is 1. The van der Waals surface area contributed by atoms with Crippen molar-refractivity contribution in [3.8, 4) is 0 Å². The van der Waals surface area contributed by atoms with Crippen LogP contribution in [0.15, 0.2) is 0 Å². The summed E-state index contributed by atoms with van der Waals surface area (Å²) in [5.74, 6) is -10.9. The van der Waals surface area contributed by atoms with E-state index in [9.17, 15) is 31.5 Å². The van der Waals surface area contributed by atoms with Crippen LogP contribution in [0.1, 0.15) is 51.0 Å². The van der Waals surface area contributed by atoms with Gasteiger partial charge < -0.3 is 10.1 Å².